The van der Waals surface area contributed by atoms with Crippen molar-refractivity contribution < 1.29 is 23.8 Å². The van der Waals surface area contributed by atoms with E-state index in [4.69, 9.17) is 4.74 Å². The smallest absolute Gasteiger partial charge is 0.344 e. The maximum Gasteiger partial charge on any atom is 0.344 e. The van der Waals surface area contributed by atoms with Crippen LogP contribution in [0.1, 0.15) is 19.8 Å². The van der Waals surface area contributed by atoms with Crippen molar-refractivity contribution in [1.82, 2.24) is 0 Å². The Kier molecular flexibility index (Phi) is 7.83. The van der Waals surface area contributed by atoms with Crippen LogP contribution in [-0.2, 0) is 23.8 Å². The second-order valence-electron chi connectivity index (χ2n) is 2.56. The van der Waals surface area contributed by atoms with Crippen LogP contribution in [0, 0.1) is 0 Å². The van der Waals surface area contributed by atoms with Gasteiger partial charge in [0.05, 0.1) is 6.61 Å². The molecular formula is C9H16O5. The third-order valence-corrected chi connectivity index (χ3v) is 1.39. The lowest BCUT2D eigenvalue weighted by atomic mass is 10.3. The topological polar surface area (TPSA) is 61.8 Å². The van der Waals surface area contributed by atoms with Gasteiger partial charge in [-0.3, -0.25) is 4.79 Å². The Hall–Kier alpha value is -1.10. The highest BCUT2D eigenvalue weighted by Gasteiger charge is 2.07. The lowest BCUT2D eigenvalue weighted by Crippen LogP contribution is -2.16. The van der Waals surface area contributed by atoms with Gasteiger partial charge in [-0.15, -0.1) is 0 Å². The molecule has 14 heavy (non-hydrogen) atoms. The molecule has 0 saturated heterocycles. The minimum Gasteiger partial charge on any atom is -0.463 e. The summed E-state index contributed by atoms with van der Waals surface area (Å²) in [7, 11) is 1.56. The first kappa shape index (κ1) is 12.9. The zero-order valence-corrected chi connectivity index (χ0v) is 8.58. The lowest BCUT2D eigenvalue weighted by Gasteiger charge is -2.03. The van der Waals surface area contributed by atoms with Gasteiger partial charge in [0.1, 0.15) is 0 Å². The molecule has 0 aliphatic carbocycles. The van der Waals surface area contributed by atoms with Crippen LogP contribution in [0.5, 0.6) is 0 Å². The molecule has 0 N–H and O–H groups in total. The number of carbonyl (C=O) groups is 2. The Morgan fingerprint density at radius 3 is 2.43 bits per heavy atom. The Balaban J connectivity index is 3.39. The highest BCUT2D eigenvalue weighted by molar-refractivity contribution is 5.76. The second kappa shape index (κ2) is 8.50. The van der Waals surface area contributed by atoms with E-state index in [2.05, 4.69) is 9.47 Å². The Bertz CT molecular complexity index is 178. The fraction of sp³-hybridized carbons (Fsp3) is 0.778. The SMILES string of the molecule is CCOC(=O)COC(=O)CCCOC. The van der Waals surface area contributed by atoms with Gasteiger partial charge in [0.2, 0.25) is 0 Å². The third kappa shape index (κ3) is 7.54. The van der Waals surface area contributed by atoms with Gasteiger partial charge >= 0.3 is 11.9 Å². The number of methoxy groups -OCH3 is 1. The van der Waals surface area contributed by atoms with Gasteiger partial charge in [-0.25, -0.2) is 4.79 Å². The van der Waals surface area contributed by atoms with Crippen LogP contribution >= 0.6 is 0 Å². The highest BCUT2D eigenvalue weighted by atomic mass is 16.6. The molecule has 0 radical (unpaired) electrons. The summed E-state index contributed by atoms with van der Waals surface area (Å²) in [5, 5.41) is 0. The maximum absolute atomic E-state index is 10.9. The Labute approximate surface area is 83.3 Å². The third-order valence-electron chi connectivity index (χ3n) is 1.39. The molecule has 0 aliphatic rings. The van der Waals surface area contributed by atoms with Crippen molar-refractivity contribution in [1.29, 1.82) is 0 Å². The van der Waals surface area contributed by atoms with Crippen molar-refractivity contribution in [3.8, 4) is 0 Å². The molecule has 0 bridgehead atoms. The minimum absolute atomic E-state index is 0.257. The summed E-state index contributed by atoms with van der Waals surface area (Å²) in [5.41, 5.74) is 0. The molecule has 0 unspecified atom stereocenters. The van der Waals surface area contributed by atoms with Gasteiger partial charge in [0.15, 0.2) is 6.61 Å². The van der Waals surface area contributed by atoms with Crippen LogP contribution < -0.4 is 0 Å². The van der Waals surface area contributed by atoms with Gasteiger partial charge in [-0.1, -0.05) is 0 Å². The summed E-state index contributed by atoms with van der Waals surface area (Å²) in [5.74, 6) is -0.928. The standard InChI is InChI=1S/C9H16O5/c1-3-13-9(11)7-14-8(10)5-4-6-12-2/h3-7H2,1-2H3. The van der Waals surface area contributed by atoms with Crippen molar-refractivity contribution in [3.05, 3.63) is 0 Å². The van der Waals surface area contributed by atoms with Crippen LogP contribution in [0.15, 0.2) is 0 Å². The van der Waals surface area contributed by atoms with Crippen molar-refractivity contribution in [2.24, 2.45) is 0 Å². The first-order valence-corrected chi connectivity index (χ1v) is 4.50. The summed E-state index contributed by atoms with van der Waals surface area (Å²) >= 11 is 0. The normalized spacial score (nSPS) is 9.57. The molecule has 0 aromatic rings. The van der Waals surface area contributed by atoms with E-state index in [-0.39, 0.29) is 13.0 Å². The van der Waals surface area contributed by atoms with Crippen LogP contribution in [0.3, 0.4) is 0 Å². The summed E-state index contributed by atoms with van der Waals surface area (Å²) < 4.78 is 14.0. The molecule has 0 atom stereocenters. The van der Waals surface area contributed by atoms with E-state index >= 15 is 0 Å². The van der Waals surface area contributed by atoms with Gasteiger partial charge < -0.3 is 14.2 Å². The molecule has 0 aliphatic heterocycles. The molecule has 0 heterocycles. The van der Waals surface area contributed by atoms with E-state index in [9.17, 15) is 9.59 Å². The first-order chi connectivity index (χ1) is 6.70. The van der Waals surface area contributed by atoms with Crippen molar-refractivity contribution in [2.45, 2.75) is 19.8 Å². The predicted octanol–water partition coefficient (Wildman–Crippen LogP) is 0.519. The number of hydrogen-bond acceptors (Lipinski definition) is 5. The molecule has 0 amide bonds. The molecular weight excluding hydrogens is 188 g/mol. The van der Waals surface area contributed by atoms with Gasteiger partial charge in [-0.05, 0) is 13.3 Å². The number of carbonyl (C=O) groups excluding carboxylic acids is 2. The fourth-order valence-electron chi connectivity index (χ4n) is 0.775. The Morgan fingerprint density at radius 1 is 1.14 bits per heavy atom. The number of esters is 2. The second-order valence-corrected chi connectivity index (χ2v) is 2.56. The highest BCUT2D eigenvalue weighted by Crippen LogP contribution is 1.93. The molecule has 5 heteroatoms. The summed E-state index contributed by atoms with van der Waals surface area (Å²) in [6.45, 7) is 2.19. The molecule has 0 spiro atoms. The lowest BCUT2D eigenvalue weighted by molar-refractivity contribution is -0.158. The molecule has 0 saturated carbocycles. The minimum atomic E-state index is -0.521. The van der Waals surface area contributed by atoms with Crippen molar-refractivity contribution >= 4 is 11.9 Å². The Morgan fingerprint density at radius 2 is 1.86 bits per heavy atom. The van der Waals surface area contributed by atoms with Crippen LogP contribution in [0.25, 0.3) is 0 Å². The largest absolute Gasteiger partial charge is 0.463 e. The molecule has 0 aromatic heterocycles. The van der Waals surface area contributed by atoms with E-state index in [0.717, 1.165) is 0 Å². The number of hydrogen-bond donors (Lipinski definition) is 0. The molecule has 0 rings (SSSR count). The van der Waals surface area contributed by atoms with Crippen molar-refractivity contribution in [2.75, 3.05) is 26.9 Å². The van der Waals surface area contributed by atoms with E-state index in [1.54, 1.807) is 14.0 Å². The predicted molar refractivity (Wildman–Crippen MR) is 48.7 cm³/mol. The molecule has 0 fully saturated rings. The summed E-state index contributed by atoms with van der Waals surface area (Å²) in [6, 6.07) is 0. The number of ether oxygens (including phenoxy) is 3. The van der Waals surface area contributed by atoms with E-state index in [1.807, 2.05) is 0 Å². The average Bonchev–Trinajstić information content (AvgIpc) is 2.16. The van der Waals surface area contributed by atoms with E-state index in [0.29, 0.717) is 19.6 Å². The molecule has 5 nitrogen and oxygen atoms in total. The fourth-order valence-corrected chi connectivity index (χ4v) is 0.775. The summed E-state index contributed by atoms with van der Waals surface area (Å²) in [6.07, 6.45) is 0.853. The van der Waals surface area contributed by atoms with Crippen LogP contribution in [0.4, 0.5) is 0 Å². The van der Waals surface area contributed by atoms with Gasteiger partial charge in [0, 0.05) is 20.1 Å². The zero-order chi connectivity index (χ0) is 10.8. The van der Waals surface area contributed by atoms with E-state index < -0.39 is 11.9 Å². The van der Waals surface area contributed by atoms with E-state index in [1.165, 1.54) is 0 Å². The first-order valence-electron chi connectivity index (χ1n) is 4.50. The van der Waals surface area contributed by atoms with Gasteiger partial charge in [0.25, 0.3) is 0 Å². The molecule has 0 aromatic carbocycles. The zero-order valence-electron chi connectivity index (χ0n) is 8.58. The van der Waals surface area contributed by atoms with Crippen LogP contribution in [0.2, 0.25) is 0 Å². The summed E-state index contributed by atoms with van der Waals surface area (Å²) in [4.78, 5) is 21.7. The van der Waals surface area contributed by atoms with Crippen LogP contribution in [-0.4, -0.2) is 38.9 Å². The monoisotopic (exact) mass is 204 g/mol. The molecule has 82 valence electrons. The van der Waals surface area contributed by atoms with Gasteiger partial charge in [-0.2, -0.15) is 0 Å². The maximum atomic E-state index is 10.9. The average molecular weight is 204 g/mol. The quantitative estimate of drug-likeness (QED) is 0.447. The van der Waals surface area contributed by atoms with Crippen molar-refractivity contribution in [3.63, 3.8) is 0 Å². The number of rotatable bonds is 7.